The van der Waals surface area contributed by atoms with Crippen molar-refractivity contribution in [2.45, 2.75) is 0 Å². The number of hydrogen-bond acceptors (Lipinski definition) is 5. The van der Waals surface area contributed by atoms with Crippen molar-refractivity contribution in [1.82, 2.24) is 10.1 Å². The smallest absolute Gasteiger partial charge is 0.261 e. The fraction of sp³-hybridized carbons (Fsp3) is 0. The van der Waals surface area contributed by atoms with E-state index >= 15 is 0 Å². The van der Waals surface area contributed by atoms with Crippen molar-refractivity contribution >= 4 is 32.3 Å². The Hall–Kier alpha value is -1.66. The molecule has 0 saturated heterocycles. The van der Waals surface area contributed by atoms with Crippen molar-refractivity contribution in [3.05, 3.63) is 40.2 Å². The number of thiophene rings is 1. The molecule has 6 heteroatoms. The maximum Gasteiger partial charge on any atom is 0.261 e. The van der Waals surface area contributed by atoms with E-state index in [2.05, 4.69) is 26.1 Å². The van der Waals surface area contributed by atoms with Crippen LogP contribution in [0.1, 0.15) is 0 Å². The second-order valence-electron chi connectivity index (χ2n) is 3.63. The maximum atomic E-state index is 5.83. The number of rotatable bonds is 2. The lowest BCUT2D eigenvalue weighted by Crippen LogP contribution is -1.84. The Kier molecular flexibility index (Phi) is 2.89. The lowest BCUT2D eigenvalue weighted by Gasteiger charge is -1.94. The summed E-state index contributed by atoms with van der Waals surface area (Å²) in [4.78, 5) is 4.35. The molecule has 2 heterocycles. The largest absolute Gasteiger partial charge is 0.390 e. The van der Waals surface area contributed by atoms with E-state index in [1.165, 1.54) is 11.3 Å². The highest BCUT2D eigenvalue weighted by Crippen LogP contribution is 2.30. The summed E-state index contributed by atoms with van der Waals surface area (Å²) < 4.78 is 6.21. The van der Waals surface area contributed by atoms with Crippen LogP contribution in [0.5, 0.6) is 0 Å². The monoisotopic (exact) mass is 321 g/mol. The molecule has 1 aromatic carbocycles. The highest BCUT2D eigenvalue weighted by Gasteiger charge is 2.13. The molecule has 18 heavy (non-hydrogen) atoms. The number of aromatic nitrogens is 2. The first-order valence-electron chi connectivity index (χ1n) is 5.17. The van der Waals surface area contributed by atoms with Crippen molar-refractivity contribution in [1.29, 1.82) is 0 Å². The molecule has 0 unspecified atom stereocenters. The molecule has 0 saturated carbocycles. The van der Waals surface area contributed by atoms with Crippen LogP contribution in [0.15, 0.2) is 44.7 Å². The van der Waals surface area contributed by atoms with E-state index in [1.54, 1.807) is 0 Å². The predicted octanol–water partition coefficient (Wildman–Crippen LogP) is 3.81. The Morgan fingerprint density at radius 3 is 2.89 bits per heavy atom. The second kappa shape index (κ2) is 4.55. The zero-order valence-corrected chi connectivity index (χ0v) is 11.5. The normalized spacial score (nSPS) is 10.7. The van der Waals surface area contributed by atoms with Gasteiger partial charge in [-0.3, -0.25) is 0 Å². The van der Waals surface area contributed by atoms with Crippen molar-refractivity contribution in [3.8, 4) is 22.8 Å². The molecule has 0 atom stereocenters. The van der Waals surface area contributed by atoms with Crippen LogP contribution in [0, 0.1) is 0 Å². The van der Waals surface area contributed by atoms with E-state index < -0.39 is 0 Å². The van der Waals surface area contributed by atoms with Crippen molar-refractivity contribution in [2.75, 3.05) is 5.73 Å². The van der Waals surface area contributed by atoms with Gasteiger partial charge in [-0.05, 0) is 23.6 Å². The highest BCUT2D eigenvalue weighted by molar-refractivity contribution is 9.10. The molecular weight excluding hydrogens is 314 g/mol. The second-order valence-corrected chi connectivity index (χ2v) is 5.50. The molecule has 0 fully saturated rings. The Labute approximate surface area is 116 Å². The molecule has 0 aliphatic heterocycles. The molecule has 0 amide bonds. The average molecular weight is 322 g/mol. The lowest BCUT2D eigenvalue weighted by molar-refractivity contribution is 0.432. The summed E-state index contributed by atoms with van der Waals surface area (Å²) in [6, 6.07) is 9.61. The first-order valence-corrected chi connectivity index (χ1v) is 6.84. The van der Waals surface area contributed by atoms with Crippen LogP contribution in [-0.2, 0) is 0 Å². The van der Waals surface area contributed by atoms with E-state index in [0.29, 0.717) is 16.7 Å². The molecule has 3 rings (SSSR count). The summed E-state index contributed by atoms with van der Waals surface area (Å²) in [6.45, 7) is 0. The molecule has 90 valence electrons. The van der Waals surface area contributed by atoms with Gasteiger partial charge in [-0.15, -0.1) is 11.3 Å². The summed E-state index contributed by atoms with van der Waals surface area (Å²) >= 11 is 4.86. The number of anilines is 1. The van der Waals surface area contributed by atoms with Gasteiger partial charge in [0.25, 0.3) is 5.89 Å². The first kappa shape index (κ1) is 11.4. The topological polar surface area (TPSA) is 64.9 Å². The molecule has 0 spiro atoms. The van der Waals surface area contributed by atoms with Crippen LogP contribution in [-0.4, -0.2) is 10.1 Å². The average Bonchev–Trinajstić information content (AvgIpc) is 2.97. The first-order chi connectivity index (χ1) is 8.74. The van der Waals surface area contributed by atoms with Gasteiger partial charge >= 0.3 is 0 Å². The quantitative estimate of drug-likeness (QED) is 0.779. The van der Waals surface area contributed by atoms with Crippen LogP contribution in [0.2, 0.25) is 0 Å². The van der Waals surface area contributed by atoms with E-state index in [9.17, 15) is 0 Å². The van der Waals surface area contributed by atoms with Crippen LogP contribution in [0.25, 0.3) is 22.8 Å². The van der Waals surface area contributed by atoms with Crippen LogP contribution >= 0.6 is 27.3 Å². The van der Waals surface area contributed by atoms with Crippen LogP contribution in [0.4, 0.5) is 5.00 Å². The van der Waals surface area contributed by atoms with Gasteiger partial charge in [0.15, 0.2) is 0 Å². The van der Waals surface area contributed by atoms with Gasteiger partial charge in [-0.25, -0.2) is 0 Å². The zero-order valence-electron chi connectivity index (χ0n) is 9.13. The fourth-order valence-corrected chi connectivity index (χ4v) is 2.61. The SMILES string of the molecule is Nc1sccc1-c1nc(-c2cccc(Br)c2)no1. The van der Waals surface area contributed by atoms with Gasteiger partial charge in [0.2, 0.25) is 5.82 Å². The zero-order chi connectivity index (χ0) is 12.5. The molecule has 4 nitrogen and oxygen atoms in total. The van der Waals surface area contributed by atoms with Gasteiger partial charge in [-0.1, -0.05) is 33.2 Å². The Morgan fingerprint density at radius 1 is 1.28 bits per heavy atom. The minimum Gasteiger partial charge on any atom is -0.390 e. The maximum absolute atomic E-state index is 5.83. The third kappa shape index (κ3) is 2.04. The minimum atomic E-state index is 0.448. The number of hydrogen-bond donors (Lipinski definition) is 1. The molecule has 2 N–H and O–H groups in total. The molecule has 0 radical (unpaired) electrons. The van der Waals surface area contributed by atoms with E-state index in [-0.39, 0.29) is 0 Å². The molecular formula is C12H8BrN3OS. The minimum absolute atomic E-state index is 0.448. The Balaban J connectivity index is 2.02. The number of halogens is 1. The lowest BCUT2D eigenvalue weighted by atomic mass is 10.2. The van der Waals surface area contributed by atoms with Gasteiger partial charge in [0, 0.05) is 10.0 Å². The number of nitrogens with zero attached hydrogens (tertiary/aromatic N) is 2. The molecule has 3 aromatic rings. The van der Waals surface area contributed by atoms with E-state index in [1.807, 2.05) is 35.7 Å². The highest BCUT2D eigenvalue weighted by atomic mass is 79.9. The van der Waals surface area contributed by atoms with Gasteiger partial charge in [0.05, 0.1) is 10.6 Å². The predicted molar refractivity (Wildman–Crippen MR) is 75.2 cm³/mol. The Morgan fingerprint density at radius 2 is 2.17 bits per heavy atom. The fourth-order valence-electron chi connectivity index (χ4n) is 1.58. The summed E-state index contributed by atoms with van der Waals surface area (Å²) in [7, 11) is 0. The molecule has 0 aliphatic carbocycles. The van der Waals surface area contributed by atoms with Gasteiger partial charge in [0.1, 0.15) is 0 Å². The van der Waals surface area contributed by atoms with Gasteiger partial charge in [-0.2, -0.15) is 4.98 Å². The molecule has 0 aliphatic rings. The third-order valence-corrected chi connectivity index (χ3v) is 3.67. The van der Waals surface area contributed by atoms with Crippen LogP contribution in [0.3, 0.4) is 0 Å². The van der Waals surface area contributed by atoms with Gasteiger partial charge < -0.3 is 10.3 Å². The number of nitrogen functional groups attached to an aromatic ring is 1. The third-order valence-electron chi connectivity index (χ3n) is 2.43. The summed E-state index contributed by atoms with van der Waals surface area (Å²) in [5, 5.41) is 6.54. The van der Waals surface area contributed by atoms with Crippen molar-refractivity contribution < 1.29 is 4.52 Å². The standard InChI is InChI=1S/C12H8BrN3OS/c13-8-3-1-2-7(6-8)11-15-12(17-16-11)9-4-5-18-10(9)14/h1-6H,14H2. The number of nitrogens with two attached hydrogens (primary N) is 1. The van der Waals surface area contributed by atoms with Crippen molar-refractivity contribution in [2.24, 2.45) is 0 Å². The Bertz CT molecular complexity index is 692. The van der Waals surface area contributed by atoms with Crippen molar-refractivity contribution in [3.63, 3.8) is 0 Å². The summed E-state index contributed by atoms with van der Waals surface area (Å²) in [5.41, 5.74) is 7.51. The van der Waals surface area contributed by atoms with E-state index in [4.69, 9.17) is 10.3 Å². The molecule has 2 aromatic heterocycles. The van der Waals surface area contributed by atoms with E-state index in [0.717, 1.165) is 15.6 Å². The summed E-state index contributed by atoms with van der Waals surface area (Å²) in [6.07, 6.45) is 0. The number of benzene rings is 1. The summed E-state index contributed by atoms with van der Waals surface area (Å²) in [5.74, 6) is 1.00. The van der Waals surface area contributed by atoms with Crippen LogP contribution < -0.4 is 5.73 Å². The molecule has 0 bridgehead atoms.